The third-order valence-electron chi connectivity index (χ3n) is 3.55. The molecule has 0 N–H and O–H groups in total. The highest BCUT2D eigenvalue weighted by atomic mass is 32.2. The summed E-state index contributed by atoms with van der Waals surface area (Å²) in [4.78, 5) is 0.480. The Bertz CT molecular complexity index is 775. The van der Waals surface area contributed by atoms with Crippen molar-refractivity contribution in [3.8, 4) is 5.75 Å². The highest BCUT2D eigenvalue weighted by Crippen LogP contribution is 2.31. The van der Waals surface area contributed by atoms with Crippen LogP contribution in [0.5, 0.6) is 5.75 Å². The molecule has 1 aliphatic heterocycles. The molecule has 0 radical (unpaired) electrons. The third kappa shape index (κ3) is 3.15. The maximum absolute atomic E-state index is 12.9. The number of sulfone groups is 1. The highest BCUT2D eigenvalue weighted by molar-refractivity contribution is 7.91. The van der Waals surface area contributed by atoms with E-state index in [-0.39, 0.29) is 15.9 Å². The van der Waals surface area contributed by atoms with E-state index >= 15 is 0 Å². The average Bonchev–Trinajstić information content (AvgIpc) is 3.30. The zero-order valence-electron chi connectivity index (χ0n) is 12.6. The predicted molar refractivity (Wildman–Crippen MR) is 83.0 cm³/mol. The molecule has 0 aliphatic carbocycles. The second-order valence-electron chi connectivity index (χ2n) is 5.53. The van der Waals surface area contributed by atoms with Crippen LogP contribution in [0.1, 0.15) is 11.1 Å². The first kappa shape index (κ1) is 15.1. The fourth-order valence-corrected chi connectivity index (χ4v) is 3.62. The molecular weight excluding hydrogens is 300 g/mol. The van der Waals surface area contributed by atoms with Crippen LogP contribution in [0.15, 0.2) is 52.3 Å². The lowest BCUT2D eigenvalue weighted by Gasteiger charge is -2.12. The number of hydrogen-bond acceptors (Lipinski definition) is 4. The van der Waals surface area contributed by atoms with Gasteiger partial charge < -0.3 is 9.47 Å². The lowest BCUT2D eigenvalue weighted by Crippen LogP contribution is -2.09. The van der Waals surface area contributed by atoms with Gasteiger partial charge >= 0.3 is 0 Å². The van der Waals surface area contributed by atoms with Crippen LogP contribution < -0.4 is 4.74 Å². The molecule has 2 aromatic rings. The topological polar surface area (TPSA) is 55.9 Å². The summed E-state index contributed by atoms with van der Waals surface area (Å²) >= 11 is 0. The number of aryl methyl sites for hydroxylation is 2. The molecule has 116 valence electrons. The van der Waals surface area contributed by atoms with Crippen molar-refractivity contribution >= 4 is 9.84 Å². The van der Waals surface area contributed by atoms with E-state index in [0.29, 0.717) is 19.0 Å². The summed E-state index contributed by atoms with van der Waals surface area (Å²) in [6, 6.07) is 12.0. The normalized spacial score (nSPS) is 17.3. The summed E-state index contributed by atoms with van der Waals surface area (Å²) in [5, 5.41) is 0. The van der Waals surface area contributed by atoms with Crippen LogP contribution in [0.25, 0.3) is 0 Å². The van der Waals surface area contributed by atoms with Gasteiger partial charge in [-0.15, -0.1) is 0 Å². The number of ether oxygens (including phenoxy) is 2. The number of epoxide rings is 1. The smallest absolute Gasteiger partial charge is 0.210 e. The van der Waals surface area contributed by atoms with E-state index in [0.717, 1.165) is 11.1 Å². The Balaban J connectivity index is 2.00. The van der Waals surface area contributed by atoms with Crippen LogP contribution in [-0.4, -0.2) is 27.7 Å². The van der Waals surface area contributed by atoms with Gasteiger partial charge in [-0.05, 0) is 43.7 Å². The Labute approximate surface area is 130 Å². The molecule has 22 heavy (non-hydrogen) atoms. The van der Waals surface area contributed by atoms with Gasteiger partial charge in [0.2, 0.25) is 9.84 Å². The summed E-state index contributed by atoms with van der Waals surface area (Å²) in [7, 11) is -3.60. The highest BCUT2D eigenvalue weighted by Gasteiger charge is 2.26. The molecule has 0 saturated carbocycles. The lowest BCUT2D eigenvalue weighted by molar-refractivity contribution is 0.258. The standard InChI is InChI=1S/C17H18O4S/c1-12-3-6-15(7-4-12)22(18,19)17-9-13(2)5-8-16(17)21-11-14-10-20-14/h3-9,14H,10-11H2,1-2H3. The number of hydrogen-bond donors (Lipinski definition) is 0. The average molecular weight is 318 g/mol. The van der Waals surface area contributed by atoms with E-state index in [1.165, 1.54) is 0 Å². The molecule has 1 heterocycles. The van der Waals surface area contributed by atoms with Gasteiger partial charge in [-0.3, -0.25) is 0 Å². The maximum atomic E-state index is 12.9. The Kier molecular flexibility index (Phi) is 3.93. The molecule has 0 amide bonds. The monoisotopic (exact) mass is 318 g/mol. The summed E-state index contributed by atoms with van der Waals surface area (Å²) in [5.74, 6) is 0.377. The molecule has 2 aromatic carbocycles. The molecular formula is C17H18O4S. The number of rotatable bonds is 5. The molecule has 1 fully saturated rings. The van der Waals surface area contributed by atoms with Crippen molar-refractivity contribution in [2.45, 2.75) is 29.7 Å². The second-order valence-corrected chi connectivity index (χ2v) is 7.45. The number of benzene rings is 2. The molecule has 0 spiro atoms. The van der Waals surface area contributed by atoms with E-state index < -0.39 is 9.84 Å². The molecule has 4 nitrogen and oxygen atoms in total. The van der Waals surface area contributed by atoms with Gasteiger partial charge in [0.05, 0.1) is 11.5 Å². The van der Waals surface area contributed by atoms with Crippen LogP contribution in [0.4, 0.5) is 0 Å². The van der Waals surface area contributed by atoms with Gasteiger partial charge in [0, 0.05) is 0 Å². The van der Waals surface area contributed by atoms with E-state index in [1.54, 1.807) is 36.4 Å². The molecule has 0 aromatic heterocycles. The minimum Gasteiger partial charge on any atom is -0.489 e. The molecule has 1 atom stereocenters. The van der Waals surface area contributed by atoms with Crippen molar-refractivity contribution in [2.75, 3.05) is 13.2 Å². The first-order chi connectivity index (χ1) is 10.5. The van der Waals surface area contributed by atoms with Crippen molar-refractivity contribution in [1.82, 2.24) is 0 Å². The van der Waals surface area contributed by atoms with Gasteiger partial charge in [0.15, 0.2) is 0 Å². The van der Waals surface area contributed by atoms with Crippen LogP contribution in [-0.2, 0) is 14.6 Å². The summed E-state index contributed by atoms with van der Waals surface area (Å²) in [6.45, 7) is 4.83. The zero-order chi connectivity index (χ0) is 15.7. The summed E-state index contributed by atoms with van der Waals surface area (Å²) < 4.78 is 36.5. The van der Waals surface area contributed by atoms with Crippen LogP contribution in [0, 0.1) is 13.8 Å². The van der Waals surface area contributed by atoms with Gasteiger partial charge in [0.1, 0.15) is 23.4 Å². The van der Waals surface area contributed by atoms with Crippen LogP contribution in [0.2, 0.25) is 0 Å². The van der Waals surface area contributed by atoms with Gasteiger partial charge in [-0.1, -0.05) is 23.8 Å². The maximum Gasteiger partial charge on any atom is 0.210 e. The van der Waals surface area contributed by atoms with Crippen LogP contribution >= 0.6 is 0 Å². The molecule has 1 unspecified atom stereocenters. The Hall–Kier alpha value is -1.85. The van der Waals surface area contributed by atoms with Crippen molar-refractivity contribution in [3.05, 3.63) is 53.6 Å². The summed E-state index contributed by atoms with van der Waals surface area (Å²) in [6.07, 6.45) is 0.0798. The van der Waals surface area contributed by atoms with Gasteiger partial charge in [-0.25, -0.2) is 8.42 Å². The van der Waals surface area contributed by atoms with Gasteiger partial charge in [0.25, 0.3) is 0 Å². The SMILES string of the molecule is Cc1ccc(S(=O)(=O)c2cc(C)ccc2OCC2CO2)cc1. The van der Waals surface area contributed by atoms with E-state index in [1.807, 2.05) is 19.9 Å². The lowest BCUT2D eigenvalue weighted by atomic mass is 10.2. The fraction of sp³-hybridized carbons (Fsp3) is 0.294. The van der Waals surface area contributed by atoms with Crippen LogP contribution in [0.3, 0.4) is 0 Å². The molecule has 0 bridgehead atoms. The Morgan fingerprint density at radius 2 is 1.73 bits per heavy atom. The predicted octanol–water partition coefficient (Wildman–Crippen LogP) is 2.91. The second kappa shape index (κ2) is 5.74. The first-order valence-electron chi connectivity index (χ1n) is 7.13. The minimum absolute atomic E-state index is 0.0798. The molecule has 1 aliphatic rings. The Morgan fingerprint density at radius 1 is 1.09 bits per heavy atom. The van der Waals surface area contributed by atoms with Crippen molar-refractivity contribution < 1.29 is 17.9 Å². The van der Waals surface area contributed by atoms with Crippen molar-refractivity contribution in [3.63, 3.8) is 0 Å². The molecule has 5 heteroatoms. The summed E-state index contributed by atoms with van der Waals surface area (Å²) in [5.41, 5.74) is 1.89. The fourth-order valence-electron chi connectivity index (χ4n) is 2.14. The van der Waals surface area contributed by atoms with Crippen molar-refractivity contribution in [2.24, 2.45) is 0 Å². The van der Waals surface area contributed by atoms with Crippen molar-refractivity contribution in [1.29, 1.82) is 0 Å². The molecule has 3 rings (SSSR count). The van der Waals surface area contributed by atoms with E-state index in [4.69, 9.17) is 9.47 Å². The van der Waals surface area contributed by atoms with E-state index in [9.17, 15) is 8.42 Å². The zero-order valence-corrected chi connectivity index (χ0v) is 13.4. The minimum atomic E-state index is -3.60. The van der Waals surface area contributed by atoms with E-state index in [2.05, 4.69) is 0 Å². The molecule has 1 saturated heterocycles. The van der Waals surface area contributed by atoms with Gasteiger partial charge in [-0.2, -0.15) is 0 Å². The third-order valence-corrected chi connectivity index (χ3v) is 5.34. The largest absolute Gasteiger partial charge is 0.489 e. The Morgan fingerprint density at radius 3 is 2.36 bits per heavy atom. The first-order valence-corrected chi connectivity index (χ1v) is 8.62. The quantitative estimate of drug-likeness (QED) is 0.795.